The van der Waals surface area contributed by atoms with Crippen molar-refractivity contribution < 1.29 is 13.6 Å². The SMILES string of the molecule is C=C(C)C(=O)OCCC[Si](CCCCCCCCCCCCCCCCCC)(CCCCCCCCCCCCCCCCCC)O[Si](C)(C)C. The molecule has 0 aliphatic rings. The molecule has 0 aromatic rings. The van der Waals surface area contributed by atoms with Crippen LogP contribution in [-0.4, -0.2) is 29.2 Å². The average molecular weight is 751 g/mol. The van der Waals surface area contributed by atoms with E-state index in [2.05, 4.69) is 40.1 Å². The van der Waals surface area contributed by atoms with E-state index >= 15 is 0 Å². The molecule has 304 valence electrons. The van der Waals surface area contributed by atoms with E-state index in [-0.39, 0.29) is 5.97 Å². The molecule has 3 nitrogen and oxygen atoms in total. The predicted molar refractivity (Wildman–Crippen MR) is 234 cm³/mol. The number of rotatable bonds is 41. The Kier molecular flexibility index (Phi) is 36.3. The van der Waals surface area contributed by atoms with Gasteiger partial charge in [-0.05, 0) is 51.1 Å². The standard InChI is InChI=1S/C46H94O3Si2/c1-8-10-12-14-16-18-20-22-24-26-28-30-32-34-36-38-42-51(49-50(5,6)7,44-40-41-48-46(47)45(3)4)43-39-37-35-33-31-29-27-25-23-21-19-17-15-13-11-9-2/h3,8-44H2,1-2,4-7H3. The molecule has 0 unspecified atom stereocenters. The average Bonchev–Trinajstić information content (AvgIpc) is 3.09. The van der Waals surface area contributed by atoms with Crippen LogP contribution in [0.25, 0.3) is 0 Å². The Hall–Kier alpha value is -0.396. The Labute approximate surface area is 324 Å². The zero-order valence-corrected chi connectivity index (χ0v) is 38.1. The number of carbonyl (C=O) groups is 1. The second-order valence-corrected chi connectivity index (χ2v) is 26.4. The number of hydrogen-bond donors (Lipinski definition) is 0. The van der Waals surface area contributed by atoms with Crippen LogP contribution in [0.3, 0.4) is 0 Å². The highest BCUT2D eigenvalue weighted by atomic mass is 28.4. The van der Waals surface area contributed by atoms with E-state index in [9.17, 15) is 4.79 Å². The fourth-order valence-electron chi connectivity index (χ4n) is 7.85. The van der Waals surface area contributed by atoms with E-state index in [0.29, 0.717) is 12.2 Å². The quantitative estimate of drug-likeness (QED) is 0.0270. The molecular formula is C46H94O3Si2. The van der Waals surface area contributed by atoms with E-state index in [4.69, 9.17) is 8.85 Å². The molecule has 0 saturated carbocycles. The van der Waals surface area contributed by atoms with Crippen LogP contribution in [0, 0.1) is 0 Å². The number of ether oxygens (including phenoxy) is 1. The lowest BCUT2D eigenvalue weighted by atomic mass is 10.0. The van der Waals surface area contributed by atoms with Gasteiger partial charge in [0, 0.05) is 5.57 Å². The first kappa shape index (κ1) is 50.6. The molecule has 0 aromatic carbocycles. The number of hydrogen-bond acceptors (Lipinski definition) is 3. The molecule has 0 radical (unpaired) electrons. The molecule has 0 bridgehead atoms. The summed E-state index contributed by atoms with van der Waals surface area (Å²) >= 11 is 0. The van der Waals surface area contributed by atoms with Crippen molar-refractivity contribution >= 4 is 22.6 Å². The zero-order valence-electron chi connectivity index (χ0n) is 36.1. The van der Waals surface area contributed by atoms with E-state index in [1.807, 2.05) is 0 Å². The van der Waals surface area contributed by atoms with Crippen molar-refractivity contribution in [3.63, 3.8) is 0 Å². The van der Waals surface area contributed by atoms with Gasteiger partial charge in [-0.25, -0.2) is 4.79 Å². The molecule has 0 atom stereocenters. The monoisotopic (exact) mass is 751 g/mol. The van der Waals surface area contributed by atoms with Crippen LogP contribution in [0.15, 0.2) is 12.2 Å². The maximum Gasteiger partial charge on any atom is 0.333 e. The van der Waals surface area contributed by atoms with Gasteiger partial charge >= 0.3 is 5.97 Å². The zero-order chi connectivity index (χ0) is 37.7. The Bertz CT molecular complexity index is 726. The third-order valence-corrected chi connectivity index (χ3v) is 18.8. The van der Waals surface area contributed by atoms with Gasteiger partial charge in [-0.2, -0.15) is 0 Å². The fourth-order valence-corrected chi connectivity index (χ4v) is 17.6. The maximum atomic E-state index is 12.0. The second-order valence-electron chi connectivity index (χ2n) is 17.5. The van der Waals surface area contributed by atoms with Gasteiger partial charge in [0.25, 0.3) is 0 Å². The lowest BCUT2D eigenvalue weighted by Crippen LogP contribution is -2.47. The molecule has 0 heterocycles. The van der Waals surface area contributed by atoms with Crippen molar-refractivity contribution in [1.29, 1.82) is 0 Å². The topological polar surface area (TPSA) is 35.5 Å². The highest BCUT2D eigenvalue weighted by Gasteiger charge is 2.37. The highest BCUT2D eigenvalue weighted by molar-refractivity contribution is 6.85. The lowest BCUT2D eigenvalue weighted by molar-refractivity contribution is -0.138. The van der Waals surface area contributed by atoms with Gasteiger partial charge in [0.15, 0.2) is 16.6 Å². The van der Waals surface area contributed by atoms with Gasteiger partial charge in [-0.1, -0.05) is 226 Å². The summed E-state index contributed by atoms with van der Waals surface area (Å²) in [6.45, 7) is 17.8. The van der Waals surface area contributed by atoms with Crippen LogP contribution in [0.1, 0.15) is 233 Å². The first-order valence-electron chi connectivity index (χ1n) is 23.2. The van der Waals surface area contributed by atoms with E-state index in [1.165, 1.54) is 218 Å². The second kappa shape index (κ2) is 36.6. The molecule has 0 aliphatic carbocycles. The summed E-state index contributed by atoms with van der Waals surface area (Å²) in [5.74, 6) is -0.246. The van der Waals surface area contributed by atoms with Crippen molar-refractivity contribution in [2.45, 2.75) is 270 Å². The molecule has 0 aromatic heterocycles. The first-order valence-corrected chi connectivity index (χ1v) is 29.1. The van der Waals surface area contributed by atoms with E-state index in [0.717, 1.165) is 12.5 Å². The summed E-state index contributed by atoms with van der Waals surface area (Å²) in [7, 11) is -3.57. The van der Waals surface area contributed by atoms with Crippen LogP contribution in [-0.2, 0) is 13.6 Å². The molecule has 0 spiro atoms. The largest absolute Gasteiger partial charge is 0.462 e. The summed E-state index contributed by atoms with van der Waals surface area (Å²) in [6.07, 6.45) is 46.2. The van der Waals surface area contributed by atoms with Crippen LogP contribution in [0.2, 0.25) is 37.8 Å². The summed E-state index contributed by atoms with van der Waals surface area (Å²) in [4.78, 5) is 12.0. The molecule has 51 heavy (non-hydrogen) atoms. The minimum Gasteiger partial charge on any atom is -0.462 e. The smallest absolute Gasteiger partial charge is 0.333 e. The van der Waals surface area contributed by atoms with Crippen molar-refractivity contribution in [3.05, 3.63) is 12.2 Å². The molecule has 0 saturated heterocycles. The van der Waals surface area contributed by atoms with Gasteiger partial charge in [-0.15, -0.1) is 0 Å². The van der Waals surface area contributed by atoms with Gasteiger partial charge in [-0.3, -0.25) is 0 Å². The van der Waals surface area contributed by atoms with Gasteiger partial charge < -0.3 is 8.85 Å². The molecule has 5 heteroatoms. The Morgan fingerprint density at radius 3 is 0.941 bits per heavy atom. The van der Waals surface area contributed by atoms with Crippen molar-refractivity contribution in [2.75, 3.05) is 6.61 Å². The third kappa shape index (κ3) is 36.4. The summed E-state index contributed by atoms with van der Waals surface area (Å²) in [6, 6.07) is 3.73. The van der Waals surface area contributed by atoms with Crippen LogP contribution < -0.4 is 0 Å². The fraction of sp³-hybridized carbons (Fsp3) is 0.935. The van der Waals surface area contributed by atoms with Crippen LogP contribution >= 0.6 is 0 Å². The minimum atomic E-state index is -1.90. The number of unbranched alkanes of at least 4 members (excludes halogenated alkanes) is 30. The summed E-state index contributed by atoms with van der Waals surface area (Å²) < 4.78 is 12.8. The lowest BCUT2D eigenvalue weighted by Gasteiger charge is -2.38. The third-order valence-electron chi connectivity index (χ3n) is 10.9. The van der Waals surface area contributed by atoms with Crippen molar-refractivity contribution in [3.8, 4) is 0 Å². The summed E-state index contributed by atoms with van der Waals surface area (Å²) in [5.41, 5.74) is 0.498. The molecule has 0 amide bonds. The molecule has 0 rings (SSSR count). The van der Waals surface area contributed by atoms with Crippen molar-refractivity contribution in [1.82, 2.24) is 0 Å². The maximum absolute atomic E-state index is 12.0. The number of esters is 1. The van der Waals surface area contributed by atoms with Crippen molar-refractivity contribution in [2.24, 2.45) is 0 Å². The number of carbonyl (C=O) groups excluding carboxylic acids is 1. The normalized spacial score (nSPS) is 12.1. The van der Waals surface area contributed by atoms with Crippen LogP contribution in [0.5, 0.6) is 0 Å². The summed E-state index contributed by atoms with van der Waals surface area (Å²) in [5, 5.41) is 0. The minimum absolute atomic E-state index is 0.246. The Balaban J connectivity index is 4.45. The Morgan fingerprint density at radius 1 is 0.431 bits per heavy atom. The molecule has 0 aliphatic heterocycles. The van der Waals surface area contributed by atoms with Gasteiger partial charge in [0.2, 0.25) is 0 Å². The molecular weight excluding hydrogens is 657 g/mol. The van der Waals surface area contributed by atoms with Crippen LogP contribution in [0.4, 0.5) is 0 Å². The van der Waals surface area contributed by atoms with Gasteiger partial charge in [0.1, 0.15) is 0 Å². The first-order chi connectivity index (χ1) is 24.7. The Morgan fingerprint density at radius 2 is 0.686 bits per heavy atom. The van der Waals surface area contributed by atoms with Gasteiger partial charge in [0.05, 0.1) is 6.61 Å². The predicted octanol–water partition coefficient (Wildman–Crippen LogP) is 16.8. The van der Waals surface area contributed by atoms with E-state index < -0.39 is 16.6 Å². The molecule has 0 N–H and O–H groups in total. The van der Waals surface area contributed by atoms with E-state index in [1.54, 1.807) is 6.92 Å². The molecule has 0 fully saturated rings. The highest BCUT2D eigenvalue weighted by Crippen LogP contribution is 2.33.